The summed E-state index contributed by atoms with van der Waals surface area (Å²) in [5, 5.41) is 3.48. The maximum Gasteiger partial charge on any atom is 0.344 e. The molecule has 1 fully saturated rings. The van der Waals surface area contributed by atoms with Crippen LogP contribution in [0.3, 0.4) is 0 Å². The molecule has 0 spiro atoms. The summed E-state index contributed by atoms with van der Waals surface area (Å²) in [4.78, 5) is 37.8. The number of nitrogens with one attached hydrogen (secondary N) is 2. The van der Waals surface area contributed by atoms with Gasteiger partial charge in [0, 0.05) is 23.6 Å². The van der Waals surface area contributed by atoms with Crippen LogP contribution in [0.25, 0.3) is 5.69 Å². The van der Waals surface area contributed by atoms with Crippen LogP contribution in [0.4, 0.5) is 4.79 Å². The summed E-state index contributed by atoms with van der Waals surface area (Å²) < 4.78 is 1.91. The maximum absolute atomic E-state index is 12.9. The summed E-state index contributed by atoms with van der Waals surface area (Å²) in [6.07, 6.45) is 4.86. The summed E-state index contributed by atoms with van der Waals surface area (Å²) >= 11 is 0. The first-order valence-electron chi connectivity index (χ1n) is 9.71. The van der Waals surface area contributed by atoms with Crippen LogP contribution in [-0.4, -0.2) is 33.0 Å². The Morgan fingerprint density at radius 2 is 1.63 bits per heavy atom. The summed E-state index contributed by atoms with van der Waals surface area (Å²) in [7, 11) is 0. The van der Waals surface area contributed by atoms with E-state index in [9.17, 15) is 14.4 Å². The van der Waals surface area contributed by atoms with Crippen molar-refractivity contribution in [2.75, 3.05) is 0 Å². The van der Waals surface area contributed by atoms with Gasteiger partial charge < -0.3 is 9.88 Å². The number of aryl methyl sites for hydroxylation is 1. The van der Waals surface area contributed by atoms with Crippen LogP contribution in [0.15, 0.2) is 79.1 Å². The van der Waals surface area contributed by atoms with Gasteiger partial charge >= 0.3 is 6.03 Å². The molecule has 0 unspecified atom stereocenters. The van der Waals surface area contributed by atoms with E-state index in [-0.39, 0.29) is 0 Å². The normalized spacial score (nSPS) is 18.4. The van der Waals surface area contributed by atoms with Crippen LogP contribution in [0.2, 0.25) is 0 Å². The lowest BCUT2D eigenvalue weighted by Gasteiger charge is -2.21. The highest BCUT2D eigenvalue weighted by molar-refractivity contribution is 6.09. The summed E-state index contributed by atoms with van der Waals surface area (Å²) in [5.74, 6) is -0.995. The van der Waals surface area contributed by atoms with Gasteiger partial charge in [0.2, 0.25) is 0 Å². The number of imide groups is 1. The summed E-state index contributed by atoms with van der Waals surface area (Å²) in [5.41, 5.74) is 3.69. The fraction of sp³-hybridized carbons (Fsp3) is 0.174. The van der Waals surface area contributed by atoms with Crippen LogP contribution < -0.4 is 10.7 Å². The van der Waals surface area contributed by atoms with Crippen molar-refractivity contribution in [3.8, 4) is 5.69 Å². The molecule has 0 aliphatic carbocycles. The van der Waals surface area contributed by atoms with E-state index in [1.54, 1.807) is 31.2 Å². The van der Waals surface area contributed by atoms with E-state index in [1.807, 2.05) is 59.4 Å². The van der Waals surface area contributed by atoms with Gasteiger partial charge in [-0.05, 0) is 61.7 Å². The van der Waals surface area contributed by atoms with E-state index < -0.39 is 23.4 Å². The molecule has 0 bridgehead atoms. The third kappa shape index (κ3) is 3.82. The minimum Gasteiger partial charge on any atom is -0.324 e. The molecular weight excluding hydrogens is 380 g/mol. The van der Waals surface area contributed by atoms with Crippen LogP contribution in [0.1, 0.15) is 29.3 Å². The second kappa shape index (κ2) is 7.87. The van der Waals surface area contributed by atoms with Gasteiger partial charge in [0.15, 0.2) is 0 Å². The molecule has 2 aromatic carbocycles. The molecule has 0 saturated carbocycles. The SMILES string of the molecule is C[C@@]1(CCc2ccccc2)NC(=O)N(NC(=O)c2ccc(-n3cccc3)cc2)C1=O. The van der Waals surface area contributed by atoms with E-state index in [0.29, 0.717) is 18.4 Å². The van der Waals surface area contributed by atoms with Crippen molar-refractivity contribution in [1.29, 1.82) is 0 Å². The van der Waals surface area contributed by atoms with Gasteiger partial charge in [-0.2, -0.15) is 5.01 Å². The van der Waals surface area contributed by atoms with Gasteiger partial charge in [-0.1, -0.05) is 30.3 Å². The number of hydrazine groups is 1. The molecule has 1 saturated heterocycles. The third-order valence-electron chi connectivity index (χ3n) is 5.26. The average molecular weight is 402 g/mol. The monoisotopic (exact) mass is 402 g/mol. The zero-order valence-corrected chi connectivity index (χ0v) is 16.5. The summed E-state index contributed by atoms with van der Waals surface area (Å²) in [6.45, 7) is 1.67. The average Bonchev–Trinajstić information content (AvgIpc) is 3.37. The lowest BCUT2D eigenvalue weighted by Crippen LogP contribution is -2.48. The molecular formula is C23H22N4O3. The predicted octanol–water partition coefficient (Wildman–Crippen LogP) is 3.07. The molecule has 1 aliphatic heterocycles. The van der Waals surface area contributed by atoms with Crippen molar-refractivity contribution >= 4 is 17.8 Å². The molecule has 7 heteroatoms. The van der Waals surface area contributed by atoms with E-state index in [2.05, 4.69) is 10.7 Å². The Kier molecular flexibility index (Phi) is 5.10. The van der Waals surface area contributed by atoms with E-state index in [0.717, 1.165) is 16.3 Å². The fourth-order valence-corrected chi connectivity index (χ4v) is 3.45. The Morgan fingerprint density at radius 1 is 0.967 bits per heavy atom. The second-order valence-corrected chi connectivity index (χ2v) is 7.47. The number of hydrogen-bond donors (Lipinski definition) is 2. The van der Waals surface area contributed by atoms with Gasteiger partial charge in [0.25, 0.3) is 11.8 Å². The van der Waals surface area contributed by atoms with Gasteiger partial charge in [-0.3, -0.25) is 15.0 Å². The van der Waals surface area contributed by atoms with Gasteiger partial charge in [-0.25, -0.2) is 4.79 Å². The lowest BCUT2D eigenvalue weighted by molar-refractivity contribution is -0.132. The maximum atomic E-state index is 12.9. The molecule has 7 nitrogen and oxygen atoms in total. The van der Waals surface area contributed by atoms with E-state index in [4.69, 9.17) is 0 Å². The lowest BCUT2D eigenvalue weighted by atomic mass is 9.93. The van der Waals surface area contributed by atoms with Gasteiger partial charge in [-0.15, -0.1) is 0 Å². The number of aromatic nitrogens is 1. The number of carbonyl (C=O) groups is 3. The van der Waals surface area contributed by atoms with Crippen LogP contribution in [0, 0.1) is 0 Å². The molecule has 152 valence electrons. The number of hydrogen-bond acceptors (Lipinski definition) is 3. The Labute approximate surface area is 174 Å². The molecule has 4 amide bonds. The molecule has 0 radical (unpaired) electrons. The Hall–Kier alpha value is -3.87. The molecule has 2 heterocycles. The van der Waals surface area contributed by atoms with Gasteiger partial charge in [0.1, 0.15) is 5.54 Å². The first-order valence-corrected chi connectivity index (χ1v) is 9.71. The van der Waals surface area contributed by atoms with Crippen LogP contribution in [-0.2, 0) is 11.2 Å². The quantitative estimate of drug-likeness (QED) is 0.622. The number of nitrogens with zero attached hydrogens (tertiary/aromatic N) is 2. The van der Waals surface area contributed by atoms with E-state index >= 15 is 0 Å². The number of carbonyl (C=O) groups excluding carboxylic acids is 3. The largest absolute Gasteiger partial charge is 0.344 e. The summed E-state index contributed by atoms with van der Waals surface area (Å²) in [6, 6.07) is 19.8. The van der Waals surface area contributed by atoms with Crippen molar-refractivity contribution in [2.45, 2.75) is 25.3 Å². The predicted molar refractivity (Wildman–Crippen MR) is 112 cm³/mol. The first-order chi connectivity index (χ1) is 14.5. The van der Waals surface area contributed by atoms with Crippen molar-refractivity contribution in [1.82, 2.24) is 20.3 Å². The van der Waals surface area contributed by atoms with Crippen LogP contribution in [0.5, 0.6) is 0 Å². The highest BCUT2D eigenvalue weighted by Gasteiger charge is 2.48. The minimum absolute atomic E-state index is 0.351. The second-order valence-electron chi connectivity index (χ2n) is 7.47. The fourth-order valence-electron chi connectivity index (χ4n) is 3.45. The number of urea groups is 1. The van der Waals surface area contributed by atoms with E-state index in [1.165, 1.54) is 0 Å². The third-order valence-corrected chi connectivity index (χ3v) is 5.26. The van der Waals surface area contributed by atoms with Crippen molar-refractivity contribution in [2.24, 2.45) is 0 Å². The van der Waals surface area contributed by atoms with Crippen LogP contribution >= 0.6 is 0 Å². The highest BCUT2D eigenvalue weighted by Crippen LogP contribution is 2.22. The van der Waals surface area contributed by atoms with Gasteiger partial charge in [0.05, 0.1) is 0 Å². The number of benzene rings is 2. The first kappa shape index (κ1) is 19.4. The zero-order chi connectivity index (χ0) is 21.1. The standard InChI is InChI=1S/C23H22N4O3/c1-23(14-13-17-7-3-2-4-8-17)21(29)27(22(30)24-23)25-20(28)18-9-11-19(12-10-18)26-15-5-6-16-26/h2-12,15-16H,13-14H2,1H3,(H,24,30)(H,25,28)/t23-/m0/s1. The zero-order valence-electron chi connectivity index (χ0n) is 16.5. The van der Waals surface area contributed by atoms with Crippen molar-refractivity contribution < 1.29 is 14.4 Å². The highest BCUT2D eigenvalue weighted by atomic mass is 16.2. The molecule has 1 atom stereocenters. The van der Waals surface area contributed by atoms with Crippen molar-refractivity contribution in [3.63, 3.8) is 0 Å². The molecule has 2 N–H and O–H groups in total. The number of rotatable bonds is 6. The topological polar surface area (TPSA) is 83.4 Å². The Morgan fingerprint density at radius 3 is 2.30 bits per heavy atom. The molecule has 1 aromatic heterocycles. The molecule has 30 heavy (non-hydrogen) atoms. The van der Waals surface area contributed by atoms with Crippen molar-refractivity contribution in [3.05, 3.63) is 90.3 Å². The Bertz CT molecular complexity index is 1060. The molecule has 4 rings (SSSR count). The Balaban J connectivity index is 1.42. The minimum atomic E-state index is -1.07. The molecule has 1 aliphatic rings. The number of amides is 4. The smallest absolute Gasteiger partial charge is 0.324 e. The molecule has 3 aromatic rings.